The first-order chi connectivity index (χ1) is 18.9. The fourth-order valence-electron chi connectivity index (χ4n) is 4.32. The van der Waals surface area contributed by atoms with E-state index in [4.69, 9.17) is 11.6 Å². The Bertz CT molecular complexity index is 1360. The van der Waals surface area contributed by atoms with E-state index in [1.54, 1.807) is 25.2 Å². The highest BCUT2D eigenvalue weighted by molar-refractivity contribution is 6.33. The van der Waals surface area contributed by atoms with Crippen molar-refractivity contribution in [1.29, 1.82) is 0 Å². The van der Waals surface area contributed by atoms with Crippen LogP contribution in [-0.4, -0.2) is 59.3 Å². The van der Waals surface area contributed by atoms with E-state index >= 15 is 0 Å². The molecule has 1 fully saturated rings. The van der Waals surface area contributed by atoms with Gasteiger partial charge in [0.15, 0.2) is 5.82 Å². The number of aromatic nitrogens is 2. The molecule has 1 unspecified atom stereocenters. The molecule has 0 bridgehead atoms. The molecule has 0 saturated carbocycles. The Morgan fingerprint density at radius 3 is 2.64 bits per heavy atom. The van der Waals surface area contributed by atoms with Crippen molar-refractivity contribution in [3.8, 4) is 0 Å². The maximum atomic E-state index is 12.5. The minimum atomic E-state index is -0.279. The highest BCUT2D eigenvalue weighted by Gasteiger charge is 2.27. The molecule has 4 rings (SSSR count). The van der Waals surface area contributed by atoms with Crippen molar-refractivity contribution >= 4 is 52.5 Å². The van der Waals surface area contributed by atoms with Crippen LogP contribution >= 0.6 is 11.6 Å². The molecular formula is C28H30ClN7O3. The standard InChI is InChI=1S/C28H30ClN7O3/c1-3-24(37)31-14-12-25(38)36-15-13-19(17-36)18-8-10-20(11-9-18)33-28-32-16-22(29)26(35-28)34-23-7-5-4-6-21(23)27(39)30-2/h3-11,16,19H,1,12-15,17H2,2H3,(H,30,39)(H,31,37)(H2,32,33,34,35). The lowest BCUT2D eigenvalue weighted by molar-refractivity contribution is -0.130. The molecule has 2 heterocycles. The van der Waals surface area contributed by atoms with Gasteiger partial charge >= 0.3 is 0 Å². The molecule has 1 aromatic heterocycles. The molecule has 3 amide bonds. The number of hydrogen-bond acceptors (Lipinski definition) is 7. The molecule has 2 aromatic carbocycles. The van der Waals surface area contributed by atoms with Crippen molar-refractivity contribution in [3.05, 3.63) is 83.5 Å². The molecule has 10 nitrogen and oxygen atoms in total. The zero-order valence-corrected chi connectivity index (χ0v) is 22.3. The van der Waals surface area contributed by atoms with Gasteiger partial charge in [0.05, 0.1) is 17.4 Å². The Kier molecular flexibility index (Phi) is 9.11. The molecule has 0 spiro atoms. The second kappa shape index (κ2) is 12.9. The summed E-state index contributed by atoms with van der Waals surface area (Å²) in [6.45, 7) is 5.04. The monoisotopic (exact) mass is 547 g/mol. The second-order valence-corrected chi connectivity index (χ2v) is 9.36. The summed E-state index contributed by atoms with van der Waals surface area (Å²) < 4.78 is 0. The lowest BCUT2D eigenvalue weighted by atomic mass is 9.98. The topological polar surface area (TPSA) is 128 Å². The average molecular weight is 548 g/mol. The van der Waals surface area contributed by atoms with Crippen LogP contribution < -0.4 is 21.3 Å². The van der Waals surface area contributed by atoms with E-state index in [1.807, 2.05) is 35.2 Å². The number of carbonyl (C=O) groups excluding carboxylic acids is 3. The van der Waals surface area contributed by atoms with E-state index in [0.717, 1.165) is 17.7 Å². The van der Waals surface area contributed by atoms with Crippen molar-refractivity contribution in [2.75, 3.05) is 37.3 Å². The maximum absolute atomic E-state index is 12.5. The number of hydrogen-bond donors (Lipinski definition) is 4. The molecule has 4 N–H and O–H groups in total. The first kappa shape index (κ1) is 27.6. The van der Waals surface area contributed by atoms with Gasteiger partial charge in [-0.05, 0) is 42.3 Å². The van der Waals surface area contributed by atoms with E-state index in [1.165, 1.54) is 12.3 Å². The summed E-state index contributed by atoms with van der Waals surface area (Å²) in [7, 11) is 1.57. The van der Waals surface area contributed by atoms with Crippen LogP contribution in [0.25, 0.3) is 0 Å². The number of amides is 3. The van der Waals surface area contributed by atoms with Crippen LogP contribution in [-0.2, 0) is 9.59 Å². The fourth-order valence-corrected chi connectivity index (χ4v) is 4.46. The molecule has 1 atom stereocenters. The number of likely N-dealkylation sites (tertiary alicyclic amines) is 1. The van der Waals surface area contributed by atoms with Gasteiger partial charge in [-0.15, -0.1) is 0 Å². The highest BCUT2D eigenvalue weighted by atomic mass is 35.5. The summed E-state index contributed by atoms with van der Waals surface area (Å²) in [5.41, 5.74) is 2.97. The zero-order chi connectivity index (χ0) is 27.8. The Hall–Kier alpha value is -4.44. The van der Waals surface area contributed by atoms with Crippen LogP contribution in [0.15, 0.2) is 67.4 Å². The predicted octanol–water partition coefficient (Wildman–Crippen LogP) is 3.99. The van der Waals surface area contributed by atoms with Crippen LogP contribution in [0.3, 0.4) is 0 Å². The van der Waals surface area contributed by atoms with Crippen molar-refractivity contribution in [2.45, 2.75) is 18.8 Å². The number of nitrogens with zero attached hydrogens (tertiary/aromatic N) is 3. The second-order valence-electron chi connectivity index (χ2n) is 8.96. The summed E-state index contributed by atoms with van der Waals surface area (Å²) in [5.74, 6) is 0.471. The smallest absolute Gasteiger partial charge is 0.253 e. The van der Waals surface area contributed by atoms with Gasteiger partial charge in [0.2, 0.25) is 17.8 Å². The molecule has 1 aliphatic heterocycles. The molecule has 1 aliphatic rings. The normalized spacial score (nSPS) is 14.4. The van der Waals surface area contributed by atoms with Gasteiger partial charge in [0.1, 0.15) is 5.02 Å². The Balaban J connectivity index is 1.36. The van der Waals surface area contributed by atoms with E-state index < -0.39 is 0 Å². The number of benzene rings is 2. The van der Waals surface area contributed by atoms with E-state index in [9.17, 15) is 14.4 Å². The van der Waals surface area contributed by atoms with E-state index in [0.29, 0.717) is 47.7 Å². The quantitative estimate of drug-likeness (QED) is 0.283. The van der Waals surface area contributed by atoms with Crippen molar-refractivity contribution in [3.63, 3.8) is 0 Å². The summed E-state index contributed by atoms with van der Waals surface area (Å²) in [4.78, 5) is 46.5. The zero-order valence-electron chi connectivity index (χ0n) is 21.5. The maximum Gasteiger partial charge on any atom is 0.253 e. The molecule has 0 radical (unpaired) electrons. The number of carbonyl (C=O) groups is 3. The fraction of sp³-hybridized carbons (Fsp3) is 0.250. The van der Waals surface area contributed by atoms with Crippen molar-refractivity contribution in [2.24, 2.45) is 0 Å². The molecule has 1 saturated heterocycles. The molecule has 0 aliphatic carbocycles. The van der Waals surface area contributed by atoms with Gasteiger partial charge in [0, 0.05) is 44.7 Å². The number of rotatable bonds is 10. The third-order valence-corrected chi connectivity index (χ3v) is 6.68. The molecule has 11 heteroatoms. The van der Waals surface area contributed by atoms with E-state index in [-0.39, 0.29) is 30.1 Å². The van der Waals surface area contributed by atoms with Crippen LogP contribution in [0, 0.1) is 0 Å². The van der Waals surface area contributed by atoms with Crippen LogP contribution in [0.5, 0.6) is 0 Å². The van der Waals surface area contributed by atoms with Crippen LogP contribution in [0.4, 0.5) is 23.1 Å². The first-order valence-electron chi connectivity index (χ1n) is 12.5. The summed E-state index contributed by atoms with van der Waals surface area (Å²) in [6.07, 6.45) is 3.83. The number of nitrogens with one attached hydrogen (secondary N) is 4. The first-order valence-corrected chi connectivity index (χ1v) is 12.9. The average Bonchev–Trinajstić information content (AvgIpc) is 3.45. The molecular weight excluding hydrogens is 518 g/mol. The predicted molar refractivity (Wildman–Crippen MR) is 152 cm³/mol. The minimum Gasteiger partial charge on any atom is -0.355 e. The SMILES string of the molecule is C=CC(=O)NCCC(=O)N1CCC(c2ccc(Nc3ncc(Cl)c(Nc4ccccc4C(=O)NC)n3)cc2)C1. The Morgan fingerprint density at radius 2 is 1.90 bits per heavy atom. The van der Waals surface area contributed by atoms with E-state index in [2.05, 4.69) is 37.8 Å². The lowest BCUT2D eigenvalue weighted by Crippen LogP contribution is -2.32. The minimum absolute atomic E-state index is 0.0300. The van der Waals surface area contributed by atoms with Gasteiger partial charge < -0.3 is 26.2 Å². The molecule has 3 aromatic rings. The van der Waals surface area contributed by atoms with Gasteiger partial charge in [-0.1, -0.05) is 42.4 Å². The number of anilines is 4. The third-order valence-electron chi connectivity index (χ3n) is 6.40. The van der Waals surface area contributed by atoms with Crippen molar-refractivity contribution < 1.29 is 14.4 Å². The number of halogens is 1. The Labute approximate surface area is 231 Å². The largest absolute Gasteiger partial charge is 0.355 e. The van der Waals surface area contributed by atoms with Gasteiger partial charge in [-0.2, -0.15) is 4.98 Å². The van der Waals surface area contributed by atoms with Crippen LogP contribution in [0.2, 0.25) is 5.02 Å². The molecule has 202 valence electrons. The van der Waals surface area contributed by atoms with Crippen LogP contribution in [0.1, 0.15) is 34.7 Å². The summed E-state index contributed by atoms with van der Waals surface area (Å²) in [5, 5.41) is 11.9. The summed E-state index contributed by atoms with van der Waals surface area (Å²) in [6, 6.07) is 15.0. The number of para-hydroxylation sites is 1. The van der Waals surface area contributed by atoms with Crippen molar-refractivity contribution in [1.82, 2.24) is 25.5 Å². The van der Waals surface area contributed by atoms with Gasteiger partial charge in [-0.3, -0.25) is 14.4 Å². The Morgan fingerprint density at radius 1 is 1.13 bits per heavy atom. The third kappa shape index (κ3) is 7.11. The molecule has 39 heavy (non-hydrogen) atoms. The lowest BCUT2D eigenvalue weighted by Gasteiger charge is -2.17. The van der Waals surface area contributed by atoms with Gasteiger partial charge in [0.25, 0.3) is 5.91 Å². The van der Waals surface area contributed by atoms with Gasteiger partial charge in [-0.25, -0.2) is 4.98 Å². The summed E-state index contributed by atoms with van der Waals surface area (Å²) >= 11 is 6.32. The highest BCUT2D eigenvalue weighted by Crippen LogP contribution is 2.30.